The smallest absolute Gasteiger partial charge is 0.247 e. The maximum Gasteiger partial charge on any atom is 0.247 e. The Labute approximate surface area is 158 Å². The number of aliphatic hydroxyl groups is 2. The van der Waals surface area contributed by atoms with E-state index >= 15 is 0 Å². The summed E-state index contributed by atoms with van der Waals surface area (Å²) in [6.45, 7) is 2.06. The second kappa shape index (κ2) is 10.0. The maximum atomic E-state index is 11.1. The third-order valence-corrected chi connectivity index (χ3v) is 4.37. The Balaban J connectivity index is 1.85. The van der Waals surface area contributed by atoms with Crippen LogP contribution in [0.2, 0.25) is 0 Å². The average molecular weight is 374 g/mol. The first-order valence-corrected chi connectivity index (χ1v) is 8.77. The molecule has 0 fully saturated rings. The molecule has 0 aliphatic rings. The van der Waals surface area contributed by atoms with Crippen LogP contribution in [0.25, 0.3) is 0 Å². The lowest BCUT2D eigenvalue weighted by Crippen LogP contribution is -2.32. The van der Waals surface area contributed by atoms with Crippen LogP contribution in [0, 0.1) is 0 Å². The third-order valence-electron chi connectivity index (χ3n) is 4.37. The standard InChI is InChI=1S/C20H26N2O5/c1-13(8-14-2-4-15(5-3-14)9-20(26)22-27)21-11-19(25)16-6-7-18(24)17(10-16)12-23/h2-7,10,13,19,21,23-25,27H,8-9,11-12H2,1H3,(H,22,26). The minimum Gasteiger partial charge on any atom is -0.508 e. The zero-order valence-corrected chi connectivity index (χ0v) is 15.2. The highest BCUT2D eigenvalue weighted by atomic mass is 16.5. The zero-order valence-electron chi connectivity index (χ0n) is 15.2. The molecule has 1 amide bonds. The second-order valence-electron chi connectivity index (χ2n) is 6.60. The van der Waals surface area contributed by atoms with E-state index in [1.165, 1.54) is 6.07 Å². The van der Waals surface area contributed by atoms with Crippen LogP contribution in [-0.2, 0) is 24.2 Å². The summed E-state index contributed by atoms with van der Waals surface area (Å²) in [5.74, 6) is -0.444. The Kier molecular flexibility index (Phi) is 7.75. The molecule has 0 aliphatic heterocycles. The molecule has 0 bridgehead atoms. The number of aliphatic hydroxyl groups excluding tert-OH is 2. The number of hydroxylamine groups is 1. The highest BCUT2D eigenvalue weighted by Gasteiger charge is 2.12. The van der Waals surface area contributed by atoms with E-state index < -0.39 is 12.0 Å². The quantitative estimate of drug-likeness (QED) is 0.290. The number of carbonyl (C=O) groups excluding carboxylic acids is 1. The molecule has 6 N–H and O–H groups in total. The van der Waals surface area contributed by atoms with Gasteiger partial charge in [0.25, 0.3) is 0 Å². The van der Waals surface area contributed by atoms with Crippen molar-refractivity contribution in [1.29, 1.82) is 0 Å². The lowest BCUT2D eigenvalue weighted by molar-refractivity contribution is -0.128. The Morgan fingerprint density at radius 1 is 1.11 bits per heavy atom. The Morgan fingerprint density at radius 3 is 2.41 bits per heavy atom. The highest BCUT2D eigenvalue weighted by molar-refractivity contribution is 5.77. The fourth-order valence-corrected chi connectivity index (χ4v) is 2.81. The summed E-state index contributed by atoms with van der Waals surface area (Å²) >= 11 is 0. The first-order chi connectivity index (χ1) is 12.9. The van der Waals surface area contributed by atoms with Crippen LogP contribution >= 0.6 is 0 Å². The van der Waals surface area contributed by atoms with Gasteiger partial charge < -0.3 is 20.6 Å². The normalized spacial score (nSPS) is 13.2. The molecule has 0 radical (unpaired) electrons. The van der Waals surface area contributed by atoms with Crippen LogP contribution in [-0.4, -0.2) is 39.0 Å². The van der Waals surface area contributed by atoms with E-state index in [0.717, 1.165) is 17.5 Å². The molecule has 0 saturated heterocycles. The van der Waals surface area contributed by atoms with Crippen molar-refractivity contribution in [3.63, 3.8) is 0 Å². The van der Waals surface area contributed by atoms with E-state index in [9.17, 15) is 20.1 Å². The van der Waals surface area contributed by atoms with Gasteiger partial charge in [0.1, 0.15) is 5.75 Å². The largest absolute Gasteiger partial charge is 0.508 e. The summed E-state index contributed by atoms with van der Waals surface area (Å²) in [6, 6.07) is 12.4. The van der Waals surface area contributed by atoms with Crippen LogP contribution in [0.4, 0.5) is 0 Å². The Bertz CT molecular complexity index is 749. The van der Waals surface area contributed by atoms with E-state index in [1.54, 1.807) is 17.6 Å². The molecule has 0 aliphatic carbocycles. The van der Waals surface area contributed by atoms with Crippen LogP contribution < -0.4 is 10.8 Å². The molecule has 0 saturated carbocycles. The summed E-state index contributed by atoms with van der Waals surface area (Å²) in [7, 11) is 0. The van der Waals surface area contributed by atoms with Crippen molar-refractivity contribution in [1.82, 2.24) is 10.8 Å². The number of hydrogen-bond donors (Lipinski definition) is 6. The van der Waals surface area contributed by atoms with Gasteiger partial charge in [-0.2, -0.15) is 0 Å². The number of carbonyl (C=O) groups is 1. The molecule has 7 heteroatoms. The van der Waals surface area contributed by atoms with Crippen molar-refractivity contribution in [3.8, 4) is 5.75 Å². The average Bonchev–Trinajstić information content (AvgIpc) is 2.67. The van der Waals surface area contributed by atoms with Crippen LogP contribution in [0.15, 0.2) is 42.5 Å². The van der Waals surface area contributed by atoms with Crippen LogP contribution in [0.5, 0.6) is 5.75 Å². The first kappa shape index (κ1) is 20.9. The summed E-state index contributed by atoms with van der Waals surface area (Å²) in [5, 5.41) is 40.9. The van der Waals surface area contributed by atoms with Gasteiger partial charge in [-0.05, 0) is 42.2 Å². The minimum atomic E-state index is -0.752. The molecule has 2 aromatic rings. The molecule has 7 nitrogen and oxygen atoms in total. The van der Waals surface area contributed by atoms with Gasteiger partial charge in [0.2, 0.25) is 5.91 Å². The van der Waals surface area contributed by atoms with Crippen LogP contribution in [0.1, 0.15) is 35.3 Å². The number of nitrogens with one attached hydrogen (secondary N) is 2. The predicted octanol–water partition coefficient (Wildman–Crippen LogP) is 1.19. The van der Waals surface area contributed by atoms with Crippen molar-refractivity contribution < 1.29 is 25.3 Å². The number of phenols is 1. The summed E-state index contributed by atoms with van der Waals surface area (Å²) < 4.78 is 0. The molecule has 2 atom stereocenters. The lowest BCUT2D eigenvalue weighted by atomic mass is 10.0. The van der Waals surface area contributed by atoms with Gasteiger partial charge in [-0.15, -0.1) is 0 Å². The molecule has 146 valence electrons. The van der Waals surface area contributed by atoms with E-state index in [4.69, 9.17) is 5.21 Å². The molecule has 0 aromatic heterocycles. The topological polar surface area (TPSA) is 122 Å². The second-order valence-corrected chi connectivity index (χ2v) is 6.60. The number of amides is 1. The third kappa shape index (κ3) is 6.33. The predicted molar refractivity (Wildman–Crippen MR) is 100 cm³/mol. The van der Waals surface area contributed by atoms with Crippen molar-refractivity contribution in [2.24, 2.45) is 0 Å². The Morgan fingerprint density at radius 2 is 1.78 bits per heavy atom. The molecule has 27 heavy (non-hydrogen) atoms. The number of rotatable bonds is 9. The fraction of sp³-hybridized carbons (Fsp3) is 0.350. The van der Waals surface area contributed by atoms with Gasteiger partial charge in [-0.25, -0.2) is 5.48 Å². The number of benzene rings is 2. The molecular formula is C20H26N2O5. The highest BCUT2D eigenvalue weighted by Crippen LogP contribution is 2.22. The minimum absolute atomic E-state index is 0.00898. The van der Waals surface area contributed by atoms with E-state index in [2.05, 4.69) is 5.32 Å². The summed E-state index contributed by atoms with van der Waals surface area (Å²) in [6.07, 6.45) is 0.119. The number of hydrogen-bond acceptors (Lipinski definition) is 6. The van der Waals surface area contributed by atoms with E-state index in [1.807, 2.05) is 31.2 Å². The van der Waals surface area contributed by atoms with Crippen molar-refractivity contribution in [3.05, 3.63) is 64.7 Å². The Hall–Kier alpha value is -2.45. The van der Waals surface area contributed by atoms with Gasteiger partial charge >= 0.3 is 0 Å². The van der Waals surface area contributed by atoms with Crippen molar-refractivity contribution >= 4 is 5.91 Å². The van der Waals surface area contributed by atoms with Gasteiger partial charge in [0, 0.05) is 18.2 Å². The lowest BCUT2D eigenvalue weighted by Gasteiger charge is -2.18. The monoisotopic (exact) mass is 374 g/mol. The summed E-state index contributed by atoms with van der Waals surface area (Å²) in [4.78, 5) is 11.1. The number of aromatic hydroxyl groups is 1. The molecule has 2 aromatic carbocycles. The SMILES string of the molecule is CC(Cc1ccc(CC(=O)NO)cc1)NCC(O)c1ccc(O)c(CO)c1. The fourth-order valence-electron chi connectivity index (χ4n) is 2.81. The van der Waals surface area contributed by atoms with Crippen molar-refractivity contribution in [2.45, 2.75) is 38.5 Å². The summed E-state index contributed by atoms with van der Waals surface area (Å²) in [5.41, 5.74) is 4.52. The first-order valence-electron chi connectivity index (χ1n) is 8.77. The van der Waals surface area contributed by atoms with Crippen LogP contribution in [0.3, 0.4) is 0 Å². The van der Waals surface area contributed by atoms with Gasteiger partial charge in [0.15, 0.2) is 0 Å². The van der Waals surface area contributed by atoms with Gasteiger partial charge in [0.05, 0.1) is 19.1 Å². The van der Waals surface area contributed by atoms with Gasteiger partial charge in [-0.3, -0.25) is 10.0 Å². The molecule has 0 heterocycles. The molecule has 2 rings (SSSR count). The zero-order chi connectivity index (χ0) is 19.8. The molecule has 0 spiro atoms. The maximum absolute atomic E-state index is 11.1. The van der Waals surface area contributed by atoms with E-state index in [0.29, 0.717) is 17.7 Å². The van der Waals surface area contributed by atoms with Gasteiger partial charge in [-0.1, -0.05) is 30.3 Å². The van der Waals surface area contributed by atoms with E-state index in [-0.39, 0.29) is 24.8 Å². The molecule has 2 unspecified atom stereocenters. The molecular weight excluding hydrogens is 348 g/mol. The van der Waals surface area contributed by atoms with Crippen molar-refractivity contribution in [2.75, 3.05) is 6.54 Å².